The van der Waals surface area contributed by atoms with Gasteiger partial charge in [-0.3, -0.25) is 4.79 Å². The molecule has 0 radical (unpaired) electrons. The van der Waals surface area contributed by atoms with Crippen LogP contribution in [-0.4, -0.2) is 40.6 Å². The molecule has 1 N–H and O–H groups in total. The quantitative estimate of drug-likeness (QED) is 0.415. The maximum atomic E-state index is 12.4. The van der Waals surface area contributed by atoms with Gasteiger partial charge in [0.15, 0.2) is 17.1 Å². The lowest BCUT2D eigenvalue weighted by molar-refractivity contribution is -0.118. The average molecular weight is 471 g/mol. The molecule has 0 aliphatic carbocycles. The molecule has 0 fully saturated rings. The van der Waals surface area contributed by atoms with E-state index >= 15 is 0 Å². The van der Waals surface area contributed by atoms with Crippen molar-refractivity contribution in [1.29, 1.82) is 0 Å². The van der Waals surface area contributed by atoms with Crippen LogP contribution in [-0.2, 0) is 11.3 Å². The van der Waals surface area contributed by atoms with Crippen LogP contribution in [0.2, 0.25) is 0 Å². The van der Waals surface area contributed by atoms with Crippen molar-refractivity contribution in [3.63, 3.8) is 0 Å². The topological polar surface area (TPSA) is 87.5 Å². The summed E-state index contributed by atoms with van der Waals surface area (Å²) in [4.78, 5) is 12.4. The van der Waals surface area contributed by atoms with E-state index in [9.17, 15) is 4.79 Å². The van der Waals surface area contributed by atoms with E-state index in [4.69, 9.17) is 14.2 Å². The molecule has 2 aromatic carbocycles. The van der Waals surface area contributed by atoms with Gasteiger partial charge in [-0.05, 0) is 62.7 Å². The lowest BCUT2D eigenvalue weighted by atomic mass is 10.2. The average Bonchev–Trinajstić information content (AvgIpc) is 3.27. The second-order valence-corrected chi connectivity index (χ2v) is 8.60. The van der Waals surface area contributed by atoms with Gasteiger partial charge in [0, 0.05) is 12.6 Å². The normalized spacial score (nSPS) is 11.8. The maximum absolute atomic E-state index is 12.4. The number of methoxy groups -OCH3 is 2. The van der Waals surface area contributed by atoms with Crippen LogP contribution in [0.15, 0.2) is 53.7 Å². The Labute approximate surface area is 198 Å². The van der Waals surface area contributed by atoms with Crippen LogP contribution in [0.4, 0.5) is 0 Å². The van der Waals surface area contributed by atoms with Gasteiger partial charge in [0.1, 0.15) is 17.2 Å². The van der Waals surface area contributed by atoms with E-state index in [-0.39, 0.29) is 23.8 Å². The number of hydrogen-bond donors (Lipinski definition) is 1. The van der Waals surface area contributed by atoms with Gasteiger partial charge in [0.05, 0.1) is 20.0 Å². The van der Waals surface area contributed by atoms with Crippen LogP contribution in [0.1, 0.15) is 44.3 Å². The molecule has 0 spiro atoms. The molecule has 1 atom stereocenters. The molecule has 0 saturated carbocycles. The number of nitrogens with zero attached hydrogens (tertiary/aromatic N) is 3. The molecular formula is C24H30N4O4S. The van der Waals surface area contributed by atoms with E-state index in [1.807, 2.05) is 60.0 Å². The van der Waals surface area contributed by atoms with Crippen molar-refractivity contribution in [2.24, 2.45) is 0 Å². The van der Waals surface area contributed by atoms with Crippen molar-refractivity contribution in [2.75, 3.05) is 20.0 Å². The molecule has 1 amide bonds. The van der Waals surface area contributed by atoms with Gasteiger partial charge in [-0.2, -0.15) is 0 Å². The number of rotatable bonds is 11. The molecule has 33 heavy (non-hydrogen) atoms. The van der Waals surface area contributed by atoms with E-state index in [0.717, 1.165) is 17.1 Å². The molecule has 0 saturated heterocycles. The number of hydrogen-bond acceptors (Lipinski definition) is 7. The Kier molecular flexibility index (Phi) is 8.59. The van der Waals surface area contributed by atoms with Crippen molar-refractivity contribution in [2.45, 2.75) is 44.6 Å². The minimum absolute atomic E-state index is 0.0711. The van der Waals surface area contributed by atoms with Crippen molar-refractivity contribution in [3.05, 3.63) is 59.9 Å². The third-order valence-corrected chi connectivity index (χ3v) is 5.87. The van der Waals surface area contributed by atoms with E-state index in [1.165, 1.54) is 11.8 Å². The number of benzene rings is 2. The first-order valence-electron chi connectivity index (χ1n) is 10.7. The highest BCUT2D eigenvalue weighted by molar-refractivity contribution is 7.99. The largest absolute Gasteiger partial charge is 0.497 e. The van der Waals surface area contributed by atoms with Crippen molar-refractivity contribution in [3.8, 4) is 17.2 Å². The monoisotopic (exact) mass is 470 g/mol. The Balaban J connectivity index is 1.59. The van der Waals surface area contributed by atoms with Crippen LogP contribution in [0.25, 0.3) is 0 Å². The second-order valence-electron chi connectivity index (χ2n) is 7.65. The lowest BCUT2D eigenvalue weighted by Gasteiger charge is -2.19. The zero-order valence-corrected chi connectivity index (χ0v) is 20.4. The summed E-state index contributed by atoms with van der Waals surface area (Å²) in [6.45, 7) is 6.50. The zero-order chi connectivity index (χ0) is 23.8. The Hall–Kier alpha value is -3.20. The lowest BCUT2D eigenvalue weighted by Crippen LogP contribution is -2.24. The maximum Gasteiger partial charge on any atom is 0.230 e. The van der Waals surface area contributed by atoms with E-state index < -0.39 is 0 Å². The fourth-order valence-electron chi connectivity index (χ4n) is 3.19. The van der Waals surface area contributed by atoms with Gasteiger partial charge in [0.2, 0.25) is 5.91 Å². The summed E-state index contributed by atoms with van der Waals surface area (Å²) in [7, 11) is 3.25. The Morgan fingerprint density at radius 1 is 0.939 bits per heavy atom. The third-order valence-electron chi connectivity index (χ3n) is 4.92. The van der Waals surface area contributed by atoms with Gasteiger partial charge < -0.3 is 24.1 Å². The number of aromatic nitrogens is 3. The number of carbonyl (C=O) groups is 1. The molecule has 0 bridgehead atoms. The summed E-state index contributed by atoms with van der Waals surface area (Å²) in [5.41, 5.74) is 1.01. The fourth-order valence-corrected chi connectivity index (χ4v) is 4.09. The van der Waals surface area contributed by atoms with Crippen LogP contribution in [0, 0.1) is 0 Å². The van der Waals surface area contributed by atoms with Crippen LogP contribution >= 0.6 is 11.8 Å². The Morgan fingerprint density at radius 2 is 1.52 bits per heavy atom. The molecule has 3 rings (SSSR count). The number of thioether (sulfide) groups is 1. The van der Waals surface area contributed by atoms with Crippen molar-refractivity contribution in [1.82, 2.24) is 20.1 Å². The van der Waals surface area contributed by atoms with E-state index in [0.29, 0.717) is 23.3 Å². The highest BCUT2D eigenvalue weighted by atomic mass is 32.2. The predicted octanol–water partition coefficient (Wildman–Crippen LogP) is 4.42. The number of nitrogens with one attached hydrogen (secondary N) is 1. The molecule has 9 heteroatoms. The van der Waals surface area contributed by atoms with Gasteiger partial charge in [-0.25, -0.2) is 0 Å². The van der Waals surface area contributed by atoms with Gasteiger partial charge in [-0.1, -0.05) is 23.9 Å². The van der Waals surface area contributed by atoms with Gasteiger partial charge in [-0.15, -0.1) is 10.2 Å². The standard InChI is InChI=1S/C24H30N4O4S/c1-16(2)28-23(17(3)32-21-12-10-20(31-5)11-13-21)26-27-24(28)33-15-22(29)25-14-18-6-8-19(30-4)9-7-18/h6-13,16-17H,14-15H2,1-5H3,(H,25,29). The minimum atomic E-state index is -0.313. The Bertz CT molecular complexity index is 1040. The molecule has 1 unspecified atom stereocenters. The van der Waals surface area contributed by atoms with Gasteiger partial charge >= 0.3 is 0 Å². The third kappa shape index (κ3) is 6.64. The zero-order valence-electron chi connectivity index (χ0n) is 19.6. The summed E-state index contributed by atoms with van der Waals surface area (Å²) < 4.78 is 18.4. The molecular weight excluding hydrogens is 440 g/mol. The number of carbonyl (C=O) groups excluding carboxylic acids is 1. The predicted molar refractivity (Wildman–Crippen MR) is 128 cm³/mol. The van der Waals surface area contributed by atoms with Crippen molar-refractivity contribution < 1.29 is 19.0 Å². The molecule has 1 aromatic heterocycles. The first-order chi connectivity index (χ1) is 15.9. The highest BCUT2D eigenvalue weighted by Crippen LogP contribution is 2.28. The van der Waals surface area contributed by atoms with E-state index in [1.54, 1.807) is 14.2 Å². The molecule has 3 aromatic rings. The minimum Gasteiger partial charge on any atom is -0.497 e. The molecule has 1 heterocycles. The van der Waals surface area contributed by atoms with E-state index in [2.05, 4.69) is 29.4 Å². The smallest absolute Gasteiger partial charge is 0.230 e. The first kappa shape index (κ1) is 24.4. The summed E-state index contributed by atoms with van der Waals surface area (Å²) in [6, 6.07) is 15.1. The molecule has 8 nitrogen and oxygen atoms in total. The van der Waals surface area contributed by atoms with Crippen molar-refractivity contribution >= 4 is 17.7 Å². The number of amides is 1. The molecule has 0 aliphatic heterocycles. The van der Waals surface area contributed by atoms with Crippen LogP contribution < -0.4 is 19.5 Å². The molecule has 0 aliphatic rings. The summed E-state index contributed by atoms with van der Waals surface area (Å²) in [5, 5.41) is 12.3. The first-order valence-corrected chi connectivity index (χ1v) is 11.7. The fraction of sp³-hybridized carbons (Fsp3) is 0.375. The Morgan fingerprint density at radius 3 is 2.09 bits per heavy atom. The SMILES string of the molecule is COc1ccc(CNC(=O)CSc2nnc(C(C)Oc3ccc(OC)cc3)n2C(C)C)cc1. The highest BCUT2D eigenvalue weighted by Gasteiger charge is 2.22. The second kappa shape index (κ2) is 11.6. The summed E-state index contributed by atoms with van der Waals surface area (Å²) in [5.74, 6) is 3.15. The van der Waals surface area contributed by atoms with Crippen LogP contribution in [0.3, 0.4) is 0 Å². The van der Waals surface area contributed by atoms with Crippen LogP contribution in [0.5, 0.6) is 17.2 Å². The van der Waals surface area contributed by atoms with Gasteiger partial charge in [0.25, 0.3) is 0 Å². The molecule has 176 valence electrons. The summed E-state index contributed by atoms with van der Waals surface area (Å²) >= 11 is 1.36. The number of ether oxygens (including phenoxy) is 3. The summed E-state index contributed by atoms with van der Waals surface area (Å²) in [6.07, 6.45) is -0.313.